The van der Waals surface area contributed by atoms with Gasteiger partial charge in [0, 0.05) is 50.4 Å². The van der Waals surface area contributed by atoms with Crippen molar-refractivity contribution in [3.8, 4) is 22.4 Å². The molecule has 0 radical (unpaired) electrons. The Morgan fingerprint density at radius 3 is 2.70 bits per heavy atom. The molecular formula is C23H24N3O2S2+. The van der Waals surface area contributed by atoms with Gasteiger partial charge in [-0.1, -0.05) is 41.7 Å². The van der Waals surface area contributed by atoms with Crippen LogP contribution in [0.1, 0.15) is 6.42 Å². The second kappa shape index (κ2) is 9.04. The van der Waals surface area contributed by atoms with E-state index in [1.54, 1.807) is 47.9 Å². The number of aryl methyl sites for hydroxylation is 1. The van der Waals surface area contributed by atoms with Crippen LogP contribution in [-0.4, -0.2) is 24.0 Å². The van der Waals surface area contributed by atoms with Crippen molar-refractivity contribution in [3.05, 3.63) is 65.1 Å². The lowest BCUT2D eigenvalue weighted by Crippen LogP contribution is -2.16. The van der Waals surface area contributed by atoms with Gasteiger partial charge in [-0.05, 0) is 18.1 Å². The van der Waals surface area contributed by atoms with Crippen LogP contribution in [0.5, 0.6) is 0 Å². The summed E-state index contributed by atoms with van der Waals surface area (Å²) in [5.41, 5.74) is 11.5. The predicted octanol–water partition coefficient (Wildman–Crippen LogP) is 4.46. The molecule has 0 bridgehead atoms. The number of hydrogen-bond acceptors (Lipinski definition) is 5. The number of thiophene rings is 1. The number of pyridine rings is 2. The van der Waals surface area contributed by atoms with Crippen molar-refractivity contribution < 1.29 is 9.72 Å². The monoisotopic (exact) mass is 438 g/mol. The summed E-state index contributed by atoms with van der Waals surface area (Å²) >= 11 is 3.45. The number of methoxy groups -OCH3 is 1. The zero-order chi connectivity index (χ0) is 21.1. The Kier molecular flexibility index (Phi) is 6.22. The van der Waals surface area contributed by atoms with Gasteiger partial charge in [0.15, 0.2) is 0 Å². The van der Waals surface area contributed by atoms with Crippen LogP contribution in [0.4, 0.5) is 5.69 Å². The van der Waals surface area contributed by atoms with E-state index in [1.807, 2.05) is 30.5 Å². The van der Waals surface area contributed by atoms with E-state index >= 15 is 0 Å². The highest BCUT2D eigenvalue weighted by atomic mass is 32.2. The lowest BCUT2D eigenvalue weighted by molar-refractivity contribution is -0.327. The number of benzene rings is 1. The molecule has 0 saturated heterocycles. The minimum absolute atomic E-state index is 0.0294. The van der Waals surface area contributed by atoms with E-state index < -0.39 is 0 Å². The average Bonchev–Trinajstić information content (AvgIpc) is 3.08. The fourth-order valence-corrected chi connectivity index (χ4v) is 5.70. The number of nitrogens with one attached hydrogen (secondary N) is 1. The molecule has 0 unspecified atom stereocenters. The molecule has 0 amide bonds. The maximum Gasteiger partial charge on any atom is 0.271 e. The van der Waals surface area contributed by atoms with Gasteiger partial charge in [-0.2, -0.15) is 4.98 Å². The molecule has 30 heavy (non-hydrogen) atoms. The molecule has 154 valence electrons. The third-order valence-electron chi connectivity index (χ3n) is 4.92. The number of aromatic amines is 1. The highest BCUT2D eigenvalue weighted by molar-refractivity contribution is 8.01. The highest BCUT2D eigenvalue weighted by Gasteiger charge is 2.22. The zero-order valence-electron chi connectivity index (χ0n) is 17.0. The molecule has 3 aromatic heterocycles. The Bertz CT molecular complexity index is 1230. The molecular weight excluding hydrogens is 414 g/mol. The topological polar surface area (TPSA) is 71.4 Å². The van der Waals surface area contributed by atoms with Crippen LogP contribution in [-0.2, 0) is 11.8 Å². The molecule has 0 aliphatic heterocycles. The lowest BCUT2D eigenvalue weighted by Gasteiger charge is -2.06. The summed E-state index contributed by atoms with van der Waals surface area (Å²) in [6.45, 7) is 0.746. The third-order valence-corrected chi connectivity index (χ3v) is 7.42. The minimum atomic E-state index is -0.0294. The van der Waals surface area contributed by atoms with Crippen LogP contribution in [0.25, 0.3) is 32.6 Å². The van der Waals surface area contributed by atoms with Crippen LogP contribution in [0.2, 0.25) is 0 Å². The number of nitrogens with zero attached hydrogens (tertiary/aromatic N) is 1. The van der Waals surface area contributed by atoms with E-state index in [9.17, 15) is 4.79 Å². The number of hydrogen-bond donors (Lipinski definition) is 1. The predicted molar refractivity (Wildman–Crippen MR) is 126 cm³/mol. The summed E-state index contributed by atoms with van der Waals surface area (Å²) in [5.74, 6) is 0.958. The third kappa shape index (κ3) is 4.14. The zero-order valence-corrected chi connectivity index (χ0v) is 18.6. The molecule has 1 aromatic carbocycles. The molecule has 4 rings (SSSR count). The second-order valence-corrected chi connectivity index (χ2v) is 9.42. The molecule has 0 aliphatic carbocycles. The Labute approximate surface area is 183 Å². The van der Waals surface area contributed by atoms with Crippen molar-refractivity contribution in [3.63, 3.8) is 0 Å². The Balaban J connectivity index is 1.87. The normalized spacial score (nSPS) is 11.3. The number of anilines is 1. The van der Waals surface area contributed by atoms with Crippen molar-refractivity contribution >= 4 is 39.0 Å². The van der Waals surface area contributed by atoms with Gasteiger partial charge in [0.05, 0.1) is 20.8 Å². The van der Waals surface area contributed by atoms with E-state index in [1.165, 1.54) is 0 Å². The number of nitrogens with two attached hydrogens (primary N) is 1. The van der Waals surface area contributed by atoms with Crippen LogP contribution in [0, 0.1) is 0 Å². The molecule has 0 aliphatic rings. The van der Waals surface area contributed by atoms with Gasteiger partial charge in [-0.3, -0.25) is 4.79 Å². The molecule has 4 aromatic rings. The number of nitrogen functional groups attached to an aromatic ring is 1. The Hall–Kier alpha value is -2.61. The number of rotatable bonds is 7. The minimum Gasteiger partial charge on any atom is -0.396 e. The quantitative estimate of drug-likeness (QED) is 0.342. The number of fused-ring (bicyclic) bond motifs is 1. The summed E-state index contributed by atoms with van der Waals surface area (Å²) in [7, 11) is 3.49. The molecule has 0 fully saturated rings. The van der Waals surface area contributed by atoms with E-state index in [0.717, 1.165) is 61.3 Å². The van der Waals surface area contributed by atoms with Gasteiger partial charge in [0.25, 0.3) is 4.83 Å². The van der Waals surface area contributed by atoms with Gasteiger partial charge in [-0.25, -0.2) is 0 Å². The van der Waals surface area contributed by atoms with Crippen molar-refractivity contribution in [1.29, 1.82) is 0 Å². The standard InChI is InChI=1S/C23H23N3O2S2/c1-26-14-16(9-10-19(26)27)18-13-17(15-7-4-3-5-8-15)20-21(24)23(30-22(20)25-18)29-12-6-11-28-2/h3-5,7-10,13-14H,6,11-12,24H2,1-2H3/p+1. The molecule has 3 heterocycles. The largest absolute Gasteiger partial charge is 0.396 e. The number of aromatic nitrogens is 2. The Morgan fingerprint density at radius 2 is 1.97 bits per heavy atom. The van der Waals surface area contributed by atoms with Crippen LogP contribution >= 0.6 is 23.1 Å². The van der Waals surface area contributed by atoms with Crippen LogP contribution < -0.4 is 16.3 Å². The first-order valence-corrected chi connectivity index (χ1v) is 11.5. The summed E-state index contributed by atoms with van der Waals surface area (Å²) in [6.07, 6.45) is 2.83. The number of thioether (sulfide) groups is 1. The fourth-order valence-electron chi connectivity index (χ4n) is 3.38. The first-order chi connectivity index (χ1) is 14.6. The van der Waals surface area contributed by atoms with Gasteiger partial charge >= 0.3 is 0 Å². The van der Waals surface area contributed by atoms with Gasteiger partial charge in [-0.15, -0.1) is 11.8 Å². The summed E-state index contributed by atoms with van der Waals surface area (Å²) in [4.78, 5) is 16.4. The van der Waals surface area contributed by atoms with E-state index in [-0.39, 0.29) is 5.56 Å². The van der Waals surface area contributed by atoms with Crippen molar-refractivity contribution in [2.45, 2.75) is 10.6 Å². The smallest absolute Gasteiger partial charge is 0.271 e. The SMILES string of the molecule is COCCCSc1sc2[nH+]c(-c3ccc(=O)n(C)c3)cc(-c3ccccc3)c2c1N. The van der Waals surface area contributed by atoms with Gasteiger partial charge < -0.3 is 15.0 Å². The first-order valence-electron chi connectivity index (χ1n) is 9.71. The molecule has 0 atom stereocenters. The number of ether oxygens (including phenoxy) is 1. The van der Waals surface area contributed by atoms with E-state index in [4.69, 9.17) is 10.5 Å². The molecule has 5 nitrogen and oxygen atoms in total. The maximum atomic E-state index is 11.8. The second-order valence-electron chi connectivity index (χ2n) is 7.03. The van der Waals surface area contributed by atoms with E-state index in [0.29, 0.717) is 0 Å². The van der Waals surface area contributed by atoms with E-state index in [2.05, 4.69) is 23.2 Å². The summed E-state index contributed by atoms with van der Waals surface area (Å²) in [5, 5.41) is 1.05. The molecule has 3 N–H and O–H groups in total. The maximum absolute atomic E-state index is 11.8. The fraction of sp³-hybridized carbons (Fsp3) is 0.217. The van der Waals surface area contributed by atoms with Crippen molar-refractivity contribution in [2.75, 3.05) is 25.2 Å². The van der Waals surface area contributed by atoms with Crippen molar-refractivity contribution in [1.82, 2.24) is 4.57 Å². The first kappa shape index (κ1) is 20.7. The summed E-state index contributed by atoms with van der Waals surface area (Å²) < 4.78 is 7.87. The average molecular weight is 439 g/mol. The lowest BCUT2D eigenvalue weighted by atomic mass is 10.0. The van der Waals surface area contributed by atoms with Gasteiger partial charge in [0.1, 0.15) is 0 Å². The van der Waals surface area contributed by atoms with Gasteiger partial charge in [0.2, 0.25) is 11.3 Å². The van der Waals surface area contributed by atoms with Crippen molar-refractivity contribution in [2.24, 2.45) is 7.05 Å². The molecule has 7 heteroatoms. The highest BCUT2D eigenvalue weighted by Crippen LogP contribution is 2.43. The summed E-state index contributed by atoms with van der Waals surface area (Å²) in [6, 6.07) is 15.8. The van der Waals surface area contributed by atoms with Crippen LogP contribution in [0.3, 0.4) is 0 Å². The molecule has 0 spiro atoms. The number of H-pyrrole nitrogens is 1. The van der Waals surface area contributed by atoms with Crippen LogP contribution in [0.15, 0.2) is 63.7 Å². The Morgan fingerprint density at radius 1 is 1.17 bits per heavy atom. The molecule has 0 saturated carbocycles.